The molecule has 0 aromatic heterocycles. The summed E-state index contributed by atoms with van der Waals surface area (Å²) in [5.41, 5.74) is 1.79. The van der Waals surface area contributed by atoms with E-state index in [0.29, 0.717) is 6.04 Å². The van der Waals surface area contributed by atoms with Gasteiger partial charge in [0.15, 0.2) is 0 Å². The highest BCUT2D eigenvalue weighted by Gasteiger charge is 2.18. The van der Waals surface area contributed by atoms with Crippen LogP contribution in [0.2, 0.25) is 0 Å². The van der Waals surface area contributed by atoms with Gasteiger partial charge in [-0.1, -0.05) is 12.1 Å². The van der Waals surface area contributed by atoms with Crippen molar-refractivity contribution in [2.24, 2.45) is 0 Å². The normalized spacial score (nSPS) is 17.5. The zero-order chi connectivity index (χ0) is 11.5. The Hall–Kier alpha value is -0.350. The van der Waals surface area contributed by atoms with E-state index >= 15 is 0 Å². The van der Waals surface area contributed by atoms with Gasteiger partial charge in [0.25, 0.3) is 0 Å². The summed E-state index contributed by atoms with van der Waals surface area (Å²) in [5, 5.41) is 3.33. The summed E-state index contributed by atoms with van der Waals surface area (Å²) < 4.78 is 13.5. The standard InChI is InChI=1S/C13H19FN2.2ClH/c1-10-3-4-12(9-13(10)14)11(2)16-7-5-15-6-8-16;;/h3-4,9,11,15H,5-8H2,1-2H3;2*1H/t11-;;/m0../s1. The number of nitrogens with zero attached hydrogens (tertiary/aromatic N) is 1. The molecule has 0 radical (unpaired) electrons. The lowest BCUT2D eigenvalue weighted by molar-refractivity contribution is 0.185. The smallest absolute Gasteiger partial charge is 0.126 e. The van der Waals surface area contributed by atoms with Crippen LogP contribution in [0.25, 0.3) is 0 Å². The van der Waals surface area contributed by atoms with Crippen LogP contribution >= 0.6 is 24.8 Å². The summed E-state index contributed by atoms with van der Waals surface area (Å²) >= 11 is 0. The molecule has 0 spiro atoms. The number of nitrogens with one attached hydrogen (secondary N) is 1. The molecule has 0 bridgehead atoms. The molecule has 1 aromatic carbocycles. The van der Waals surface area contributed by atoms with E-state index in [-0.39, 0.29) is 30.6 Å². The number of hydrogen-bond donors (Lipinski definition) is 1. The lowest BCUT2D eigenvalue weighted by Gasteiger charge is -2.33. The molecule has 0 unspecified atom stereocenters. The third-order valence-electron chi connectivity index (χ3n) is 3.38. The van der Waals surface area contributed by atoms with Crippen molar-refractivity contribution in [3.63, 3.8) is 0 Å². The van der Waals surface area contributed by atoms with Crippen LogP contribution in [-0.4, -0.2) is 31.1 Å². The maximum absolute atomic E-state index is 13.5. The quantitative estimate of drug-likeness (QED) is 0.902. The fourth-order valence-electron chi connectivity index (χ4n) is 2.15. The second kappa shape index (κ2) is 7.95. The van der Waals surface area contributed by atoms with Crippen molar-refractivity contribution in [3.05, 3.63) is 35.1 Å². The van der Waals surface area contributed by atoms with E-state index in [1.54, 1.807) is 13.0 Å². The zero-order valence-corrected chi connectivity index (χ0v) is 12.4. The fraction of sp³-hybridized carbons (Fsp3) is 0.538. The lowest BCUT2D eigenvalue weighted by Crippen LogP contribution is -2.44. The number of rotatable bonds is 2. The zero-order valence-electron chi connectivity index (χ0n) is 10.8. The molecule has 1 aromatic rings. The largest absolute Gasteiger partial charge is 0.314 e. The number of hydrogen-bond acceptors (Lipinski definition) is 2. The van der Waals surface area contributed by atoms with Crippen LogP contribution in [0.5, 0.6) is 0 Å². The fourth-order valence-corrected chi connectivity index (χ4v) is 2.15. The Morgan fingerprint density at radius 3 is 2.39 bits per heavy atom. The summed E-state index contributed by atoms with van der Waals surface area (Å²) in [5.74, 6) is -0.0977. The second-order valence-corrected chi connectivity index (χ2v) is 4.47. The van der Waals surface area contributed by atoms with Gasteiger partial charge in [-0.2, -0.15) is 0 Å². The van der Waals surface area contributed by atoms with E-state index in [0.717, 1.165) is 37.3 Å². The third-order valence-corrected chi connectivity index (χ3v) is 3.38. The lowest BCUT2D eigenvalue weighted by atomic mass is 10.0. The van der Waals surface area contributed by atoms with E-state index in [9.17, 15) is 4.39 Å². The Morgan fingerprint density at radius 2 is 1.83 bits per heavy atom. The van der Waals surface area contributed by atoms with Crippen molar-refractivity contribution in [2.45, 2.75) is 19.9 Å². The van der Waals surface area contributed by atoms with Crippen LogP contribution in [-0.2, 0) is 0 Å². The SMILES string of the molecule is Cc1ccc([C@H](C)N2CCNCC2)cc1F.Cl.Cl. The molecule has 1 N–H and O–H groups in total. The van der Waals surface area contributed by atoms with Crippen LogP contribution < -0.4 is 5.32 Å². The van der Waals surface area contributed by atoms with Crippen molar-refractivity contribution in [1.29, 1.82) is 0 Å². The first-order valence-corrected chi connectivity index (χ1v) is 5.89. The molecule has 2 nitrogen and oxygen atoms in total. The minimum absolute atomic E-state index is 0. The van der Waals surface area contributed by atoms with Crippen LogP contribution in [0.4, 0.5) is 4.39 Å². The Balaban J connectivity index is 0.00000144. The van der Waals surface area contributed by atoms with Gasteiger partial charge in [0.05, 0.1) is 0 Å². The first kappa shape index (κ1) is 17.6. The number of aryl methyl sites for hydroxylation is 1. The van der Waals surface area contributed by atoms with Crippen molar-refractivity contribution < 1.29 is 4.39 Å². The van der Waals surface area contributed by atoms with Crippen LogP contribution in [0.3, 0.4) is 0 Å². The summed E-state index contributed by atoms with van der Waals surface area (Å²) in [6.07, 6.45) is 0. The molecule has 1 heterocycles. The molecule has 0 saturated carbocycles. The molecule has 1 atom stereocenters. The summed E-state index contributed by atoms with van der Waals surface area (Å²) in [7, 11) is 0. The van der Waals surface area contributed by atoms with Crippen LogP contribution in [0.1, 0.15) is 24.1 Å². The molecule has 1 saturated heterocycles. The maximum atomic E-state index is 13.5. The molecular weight excluding hydrogens is 274 g/mol. The van der Waals surface area contributed by atoms with Gasteiger partial charge in [-0.25, -0.2) is 4.39 Å². The van der Waals surface area contributed by atoms with Gasteiger partial charge in [-0.3, -0.25) is 4.90 Å². The minimum Gasteiger partial charge on any atom is -0.314 e. The van der Waals surface area contributed by atoms with E-state index in [4.69, 9.17) is 0 Å². The Morgan fingerprint density at radius 1 is 1.22 bits per heavy atom. The monoisotopic (exact) mass is 294 g/mol. The van der Waals surface area contributed by atoms with Gasteiger partial charge in [0.2, 0.25) is 0 Å². The van der Waals surface area contributed by atoms with Crippen molar-refractivity contribution in [1.82, 2.24) is 10.2 Å². The van der Waals surface area contributed by atoms with Crippen molar-refractivity contribution in [3.8, 4) is 0 Å². The van der Waals surface area contributed by atoms with Gasteiger partial charge < -0.3 is 5.32 Å². The highest BCUT2D eigenvalue weighted by atomic mass is 35.5. The Bertz CT molecular complexity index is 368. The molecule has 18 heavy (non-hydrogen) atoms. The summed E-state index contributed by atoms with van der Waals surface area (Å²) in [4.78, 5) is 2.39. The third kappa shape index (κ3) is 4.09. The predicted octanol–water partition coefficient (Wildman–Crippen LogP) is 2.94. The van der Waals surface area contributed by atoms with E-state index in [1.165, 1.54) is 0 Å². The van der Waals surface area contributed by atoms with Gasteiger partial charge in [0, 0.05) is 32.2 Å². The number of halogens is 3. The Labute approximate surface area is 121 Å². The van der Waals surface area contributed by atoms with Gasteiger partial charge >= 0.3 is 0 Å². The van der Waals surface area contributed by atoms with E-state index < -0.39 is 0 Å². The van der Waals surface area contributed by atoms with Crippen LogP contribution in [0.15, 0.2) is 18.2 Å². The molecule has 2 rings (SSSR count). The number of piperazine rings is 1. The topological polar surface area (TPSA) is 15.3 Å². The molecule has 104 valence electrons. The maximum Gasteiger partial charge on any atom is 0.126 e. The first-order valence-electron chi connectivity index (χ1n) is 5.89. The number of benzene rings is 1. The average Bonchev–Trinajstić information content (AvgIpc) is 2.33. The molecule has 0 amide bonds. The molecule has 1 fully saturated rings. The van der Waals surface area contributed by atoms with E-state index in [1.807, 2.05) is 12.1 Å². The average molecular weight is 295 g/mol. The molecule has 5 heteroatoms. The van der Waals surface area contributed by atoms with Gasteiger partial charge in [0.1, 0.15) is 5.82 Å². The van der Waals surface area contributed by atoms with Gasteiger partial charge in [-0.15, -0.1) is 24.8 Å². The second-order valence-electron chi connectivity index (χ2n) is 4.47. The summed E-state index contributed by atoms with van der Waals surface area (Å²) in [6.45, 7) is 8.08. The Kier molecular flexibility index (Phi) is 7.79. The minimum atomic E-state index is -0.0977. The van der Waals surface area contributed by atoms with Gasteiger partial charge in [-0.05, 0) is 31.0 Å². The first-order chi connectivity index (χ1) is 7.68. The highest BCUT2D eigenvalue weighted by molar-refractivity contribution is 5.85. The molecular formula is C13H21Cl2FN2. The molecule has 1 aliphatic heterocycles. The van der Waals surface area contributed by atoms with Crippen molar-refractivity contribution >= 4 is 24.8 Å². The van der Waals surface area contributed by atoms with E-state index in [2.05, 4.69) is 17.1 Å². The van der Waals surface area contributed by atoms with Crippen LogP contribution in [0, 0.1) is 12.7 Å². The molecule has 1 aliphatic rings. The molecule has 0 aliphatic carbocycles. The predicted molar refractivity (Wildman–Crippen MR) is 78.5 cm³/mol. The summed E-state index contributed by atoms with van der Waals surface area (Å²) in [6, 6.07) is 5.87. The highest BCUT2D eigenvalue weighted by Crippen LogP contribution is 2.22. The van der Waals surface area contributed by atoms with Crippen molar-refractivity contribution in [2.75, 3.05) is 26.2 Å².